The molecule has 3 aliphatic heterocycles. The van der Waals surface area contributed by atoms with E-state index in [1.165, 1.54) is 35.6 Å². The first-order chi connectivity index (χ1) is 25.0. The van der Waals surface area contributed by atoms with Crippen molar-refractivity contribution in [3.8, 4) is 0 Å². The molecule has 0 aliphatic carbocycles. The van der Waals surface area contributed by atoms with Crippen molar-refractivity contribution in [2.24, 2.45) is 10.2 Å². The maximum atomic E-state index is 13.1. The minimum Gasteiger partial charge on any atom is -0.354 e. The van der Waals surface area contributed by atoms with Gasteiger partial charge in [0.05, 0.1) is 47.7 Å². The van der Waals surface area contributed by atoms with E-state index in [1.807, 2.05) is 72.8 Å². The van der Waals surface area contributed by atoms with Crippen molar-refractivity contribution in [1.82, 2.24) is 10.0 Å². The molecular weight excluding hydrogens is 721 g/mol. The van der Waals surface area contributed by atoms with Crippen LogP contribution in [-0.4, -0.2) is 45.1 Å². The molecule has 0 saturated carbocycles. The molecular formula is C38H33Cl2N7O4S. The Morgan fingerprint density at radius 1 is 0.692 bits per heavy atom. The van der Waals surface area contributed by atoms with Crippen LogP contribution in [0.3, 0.4) is 0 Å². The summed E-state index contributed by atoms with van der Waals surface area (Å²) in [6.07, 6.45) is 0.868. The van der Waals surface area contributed by atoms with Crippen LogP contribution in [0, 0.1) is 0 Å². The molecule has 52 heavy (non-hydrogen) atoms. The number of anilines is 4. The van der Waals surface area contributed by atoms with E-state index in [0.29, 0.717) is 45.7 Å². The summed E-state index contributed by atoms with van der Waals surface area (Å²) in [6, 6.07) is 25.1. The van der Waals surface area contributed by atoms with Gasteiger partial charge in [-0.2, -0.15) is 10.2 Å². The number of carbonyl (C=O) groups is 4. The van der Waals surface area contributed by atoms with E-state index in [4.69, 9.17) is 23.2 Å². The Morgan fingerprint density at radius 3 is 1.52 bits per heavy atom. The van der Waals surface area contributed by atoms with Crippen molar-refractivity contribution < 1.29 is 19.2 Å². The van der Waals surface area contributed by atoms with E-state index in [2.05, 4.69) is 26.2 Å². The number of hydrogen-bond acceptors (Lipinski definition) is 8. The molecule has 0 radical (unpaired) electrons. The van der Waals surface area contributed by atoms with Crippen LogP contribution in [0.1, 0.15) is 62.7 Å². The monoisotopic (exact) mass is 753 g/mol. The topological polar surface area (TPSA) is 136 Å². The van der Waals surface area contributed by atoms with Gasteiger partial charge in [-0.05, 0) is 59.7 Å². The molecule has 4 amide bonds. The molecule has 0 fully saturated rings. The van der Waals surface area contributed by atoms with Crippen LogP contribution in [-0.2, 0) is 19.2 Å². The van der Waals surface area contributed by atoms with Gasteiger partial charge in [-0.1, -0.05) is 71.4 Å². The summed E-state index contributed by atoms with van der Waals surface area (Å²) in [5.74, 6) is -0.959. The maximum absolute atomic E-state index is 13.1. The fraction of sp³-hybridized carbons (Fsp3) is 0.211. The van der Waals surface area contributed by atoms with Crippen molar-refractivity contribution in [3.63, 3.8) is 0 Å². The second-order valence-electron chi connectivity index (χ2n) is 12.6. The fourth-order valence-electron chi connectivity index (χ4n) is 6.53. The first-order valence-corrected chi connectivity index (χ1v) is 18.1. The van der Waals surface area contributed by atoms with Gasteiger partial charge in [-0.25, -0.2) is 10.0 Å². The third kappa shape index (κ3) is 7.55. The average molecular weight is 755 g/mol. The number of hydrazone groups is 2. The van der Waals surface area contributed by atoms with Gasteiger partial charge in [0.25, 0.3) is 0 Å². The summed E-state index contributed by atoms with van der Waals surface area (Å²) in [7, 11) is 0. The first-order valence-electron chi connectivity index (χ1n) is 16.6. The average Bonchev–Trinajstić information content (AvgIpc) is 3.72. The van der Waals surface area contributed by atoms with Gasteiger partial charge in [0.1, 0.15) is 0 Å². The second-order valence-corrected chi connectivity index (χ2v) is 14.5. The summed E-state index contributed by atoms with van der Waals surface area (Å²) in [5, 5.41) is 22.1. The van der Waals surface area contributed by atoms with E-state index < -0.39 is 0 Å². The number of amides is 4. The fourth-order valence-corrected chi connectivity index (χ4v) is 8.12. The van der Waals surface area contributed by atoms with Crippen LogP contribution in [0.15, 0.2) is 105 Å². The molecule has 0 aromatic heterocycles. The number of fused-ring (bicyclic) bond motifs is 2. The van der Waals surface area contributed by atoms with Gasteiger partial charge < -0.3 is 16.0 Å². The minimum atomic E-state index is -0.366. The molecule has 3 N–H and O–H groups in total. The summed E-state index contributed by atoms with van der Waals surface area (Å²) in [5.41, 5.74) is 5.74. The Labute approximate surface area is 314 Å². The SMILES string of the molecule is CC(=O)N1N=C(CC(=O)Nc2ccc3c(c2)Sc2cc(NC(=O)CC4=NN(C(C)=O)C(c5ccccc5Cl)C4)ccc2N3)CC1c1ccccc1Cl. The predicted molar refractivity (Wildman–Crippen MR) is 204 cm³/mol. The quantitative estimate of drug-likeness (QED) is 0.145. The lowest BCUT2D eigenvalue weighted by Crippen LogP contribution is -2.24. The number of nitrogens with one attached hydrogen (secondary N) is 3. The molecule has 14 heteroatoms. The number of halogens is 2. The van der Waals surface area contributed by atoms with Crippen molar-refractivity contribution >= 4 is 92.8 Å². The molecule has 264 valence electrons. The molecule has 0 bridgehead atoms. The number of hydrogen-bond donors (Lipinski definition) is 3. The van der Waals surface area contributed by atoms with E-state index in [9.17, 15) is 19.2 Å². The molecule has 3 heterocycles. The van der Waals surface area contributed by atoms with E-state index in [1.54, 1.807) is 12.1 Å². The summed E-state index contributed by atoms with van der Waals surface area (Å²) < 4.78 is 0. The van der Waals surface area contributed by atoms with Gasteiger partial charge in [0, 0.05) is 57.9 Å². The Hall–Kier alpha value is -5.17. The van der Waals surface area contributed by atoms with Gasteiger partial charge in [-0.3, -0.25) is 19.2 Å². The Balaban J connectivity index is 0.973. The Morgan fingerprint density at radius 2 is 1.12 bits per heavy atom. The van der Waals surface area contributed by atoms with Crippen LogP contribution in [0.5, 0.6) is 0 Å². The van der Waals surface area contributed by atoms with Gasteiger partial charge >= 0.3 is 0 Å². The highest BCUT2D eigenvalue weighted by atomic mass is 35.5. The third-order valence-corrected chi connectivity index (χ3v) is 10.7. The molecule has 3 aliphatic rings. The minimum absolute atomic E-state index is 0.0268. The van der Waals surface area contributed by atoms with Crippen molar-refractivity contribution in [2.45, 2.75) is 61.4 Å². The lowest BCUT2D eigenvalue weighted by Gasteiger charge is -2.22. The number of benzene rings is 4. The van der Waals surface area contributed by atoms with E-state index in [-0.39, 0.29) is 48.6 Å². The zero-order chi connectivity index (χ0) is 36.5. The van der Waals surface area contributed by atoms with Crippen molar-refractivity contribution in [3.05, 3.63) is 106 Å². The number of rotatable bonds is 8. The molecule has 0 saturated heterocycles. The molecule has 11 nitrogen and oxygen atoms in total. The first kappa shape index (κ1) is 35.2. The van der Waals surface area contributed by atoms with Crippen molar-refractivity contribution in [2.75, 3.05) is 16.0 Å². The van der Waals surface area contributed by atoms with Crippen LogP contribution in [0.4, 0.5) is 22.7 Å². The predicted octanol–water partition coefficient (Wildman–Crippen LogP) is 8.56. The van der Waals surface area contributed by atoms with E-state index >= 15 is 0 Å². The summed E-state index contributed by atoms with van der Waals surface area (Å²) in [4.78, 5) is 52.8. The zero-order valence-electron chi connectivity index (χ0n) is 28.2. The zero-order valence-corrected chi connectivity index (χ0v) is 30.5. The molecule has 4 aromatic rings. The lowest BCUT2D eigenvalue weighted by atomic mass is 10.0. The molecule has 2 atom stereocenters. The number of nitrogens with zero attached hydrogens (tertiary/aromatic N) is 4. The highest BCUT2D eigenvalue weighted by Crippen LogP contribution is 2.46. The molecule has 7 rings (SSSR count). The summed E-state index contributed by atoms with van der Waals surface area (Å²) in [6.45, 7) is 2.88. The maximum Gasteiger partial charge on any atom is 0.240 e. The van der Waals surface area contributed by atoms with Crippen LogP contribution < -0.4 is 16.0 Å². The third-order valence-electron chi connectivity index (χ3n) is 8.87. The normalized spacial score (nSPS) is 17.4. The summed E-state index contributed by atoms with van der Waals surface area (Å²) >= 11 is 14.3. The van der Waals surface area contributed by atoms with Gasteiger partial charge in [-0.15, -0.1) is 0 Å². The van der Waals surface area contributed by atoms with Crippen molar-refractivity contribution in [1.29, 1.82) is 0 Å². The molecule has 0 spiro atoms. The molecule has 4 aromatic carbocycles. The van der Waals surface area contributed by atoms with Crippen LogP contribution >= 0.6 is 35.0 Å². The smallest absolute Gasteiger partial charge is 0.240 e. The highest BCUT2D eigenvalue weighted by Gasteiger charge is 2.34. The Kier molecular flexibility index (Phi) is 10.0. The molecule has 2 unspecified atom stereocenters. The number of carbonyl (C=O) groups excluding carboxylic acids is 4. The highest BCUT2D eigenvalue weighted by molar-refractivity contribution is 7.99. The van der Waals surface area contributed by atoms with Crippen LogP contribution in [0.2, 0.25) is 10.0 Å². The lowest BCUT2D eigenvalue weighted by molar-refractivity contribution is -0.131. The van der Waals surface area contributed by atoms with Gasteiger partial charge in [0.2, 0.25) is 23.6 Å². The Bertz CT molecular complexity index is 2040. The standard InChI is InChI=1S/C38H33Cl2N7O4S/c1-21(48)46-33(27-7-3-5-9-29(27)39)15-25(44-46)19-37(50)41-23-11-13-31-35(17-23)52-36-18-24(12-14-32(36)43-31)42-38(51)20-26-16-34(47(45-26)22(2)49)28-8-4-6-10-30(28)40/h3-14,17-18,33-34,43H,15-16,19-20H2,1-2H3,(H,41,50)(H,42,51). The largest absolute Gasteiger partial charge is 0.354 e. The van der Waals surface area contributed by atoms with E-state index in [0.717, 1.165) is 32.3 Å². The second kappa shape index (κ2) is 14.8. The van der Waals surface area contributed by atoms with Gasteiger partial charge in [0.15, 0.2) is 0 Å². The van der Waals surface area contributed by atoms with Crippen LogP contribution in [0.25, 0.3) is 0 Å².